The van der Waals surface area contributed by atoms with Gasteiger partial charge < -0.3 is 20.7 Å². The lowest BCUT2D eigenvalue weighted by Crippen LogP contribution is -2.48. The van der Waals surface area contributed by atoms with Crippen LogP contribution >= 0.6 is 0 Å². The largest absolute Gasteiger partial charge is 0.379 e. The fourth-order valence-corrected chi connectivity index (χ4v) is 2.92. The molecule has 2 aliphatic rings. The molecule has 0 aromatic rings. The number of carbonyl (C=O) groups is 3. The van der Waals surface area contributed by atoms with Crippen LogP contribution in [0.2, 0.25) is 0 Å². The van der Waals surface area contributed by atoms with Crippen LogP contribution < -0.4 is 11.1 Å². The molecule has 0 atom stereocenters. The van der Waals surface area contributed by atoms with Crippen molar-refractivity contribution in [2.24, 2.45) is 11.7 Å². The van der Waals surface area contributed by atoms with E-state index in [1.165, 1.54) is 4.90 Å². The molecule has 0 unspecified atom stereocenters. The van der Waals surface area contributed by atoms with Gasteiger partial charge in [0.05, 0.1) is 13.2 Å². The molecule has 23 heavy (non-hydrogen) atoms. The van der Waals surface area contributed by atoms with Gasteiger partial charge in [-0.2, -0.15) is 0 Å². The highest BCUT2D eigenvalue weighted by Crippen LogP contribution is 2.16. The van der Waals surface area contributed by atoms with Crippen LogP contribution in [0.5, 0.6) is 0 Å². The number of hydrogen-bond acceptors (Lipinski definition) is 5. The van der Waals surface area contributed by atoms with Gasteiger partial charge in [-0.15, -0.1) is 0 Å². The molecule has 2 aliphatic heterocycles. The number of nitrogens with zero attached hydrogens (tertiary/aromatic N) is 2. The fraction of sp³-hybridized carbons (Fsp3) is 0.800. The second-order valence-electron chi connectivity index (χ2n) is 6.03. The molecule has 0 radical (unpaired) electrons. The van der Waals surface area contributed by atoms with Gasteiger partial charge in [0.1, 0.15) is 0 Å². The van der Waals surface area contributed by atoms with Crippen LogP contribution in [0.3, 0.4) is 0 Å². The highest BCUT2D eigenvalue weighted by Gasteiger charge is 2.28. The second-order valence-corrected chi connectivity index (χ2v) is 6.03. The van der Waals surface area contributed by atoms with Crippen LogP contribution in [0.4, 0.5) is 0 Å². The van der Waals surface area contributed by atoms with E-state index in [0.29, 0.717) is 32.5 Å². The molecule has 8 nitrogen and oxygen atoms in total. The van der Waals surface area contributed by atoms with E-state index in [2.05, 4.69) is 10.2 Å². The Hall–Kier alpha value is -1.67. The van der Waals surface area contributed by atoms with E-state index in [9.17, 15) is 14.4 Å². The van der Waals surface area contributed by atoms with Gasteiger partial charge in [0.2, 0.25) is 5.91 Å². The number of piperidine rings is 1. The molecule has 0 saturated carbocycles. The first-order valence-electron chi connectivity index (χ1n) is 8.24. The highest BCUT2D eigenvalue weighted by atomic mass is 16.5. The van der Waals surface area contributed by atoms with Crippen molar-refractivity contribution in [2.75, 3.05) is 52.5 Å². The van der Waals surface area contributed by atoms with Gasteiger partial charge in [0.15, 0.2) is 0 Å². The first-order valence-corrected chi connectivity index (χ1v) is 8.24. The molecule has 3 amide bonds. The van der Waals surface area contributed by atoms with Gasteiger partial charge >= 0.3 is 11.8 Å². The zero-order valence-corrected chi connectivity index (χ0v) is 13.5. The fourth-order valence-electron chi connectivity index (χ4n) is 2.92. The topological polar surface area (TPSA) is 105 Å². The number of nitrogens with two attached hydrogens (primary N) is 1. The molecule has 0 aliphatic carbocycles. The Kier molecular flexibility index (Phi) is 6.79. The van der Waals surface area contributed by atoms with E-state index in [4.69, 9.17) is 10.5 Å². The maximum absolute atomic E-state index is 12.0. The number of carbonyl (C=O) groups excluding carboxylic acids is 3. The number of morpholine rings is 1. The van der Waals surface area contributed by atoms with Gasteiger partial charge in [-0.3, -0.25) is 19.3 Å². The second kappa shape index (κ2) is 8.83. The maximum atomic E-state index is 12.0. The van der Waals surface area contributed by atoms with Crippen LogP contribution in [0.15, 0.2) is 0 Å². The molecule has 8 heteroatoms. The number of ether oxygens (including phenoxy) is 1. The number of rotatable bonds is 5. The van der Waals surface area contributed by atoms with Crippen LogP contribution in [0.1, 0.15) is 19.3 Å². The zero-order chi connectivity index (χ0) is 16.7. The molecular formula is C15H26N4O4. The summed E-state index contributed by atoms with van der Waals surface area (Å²) in [5.74, 6) is -1.59. The minimum absolute atomic E-state index is 0.185. The number of nitrogens with one attached hydrogen (secondary N) is 1. The Morgan fingerprint density at radius 2 is 1.74 bits per heavy atom. The van der Waals surface area contributed by atoms with Gasteiger partial charge in [0, 0.05) is 38.6 Å². The normalized spacial score (nSPS) is 20.3. The summed E-state index contributed by atoms with van der Waals surface area (Å²) in [6.07, 6.45) is 1.87. The average Bonchev–Trinajstić information content (AvgIpc) is 2.59. The van der Waals surface area contributed by atoms with Crippen molar-refractivity contribution in [1.82, 2.24) is 15.1 Å². The van der Waals surface area contributed by atoms with Crippen molar-refractivity contribution < 1.29 is 19.1 Å². The molecule has 2 fully saturated rings. The van der Waals surface area contributed by atoms with Crippen molar-refractivity contribution in [3.05, 3.63) is 0 Å². The predicted molar refractivity (Wildman–Crippen MR) is 83.4 cm³/mol. The molecule has 0 aromatic heterocycles. The summed E-state index contributed by atoms with van der Waals surface area (Å²) in [4.78, 5) is 38.8. The van der Waals surface area contributed by atoms with E-state index in [1.807, 2.05) is 0 Å². The highest BCUT2D eigenvalue weighted by molar-refractivity contribution is 6.35. The predicted octanol–water partition coefficient (Wildman–Crippen LogP) is -1.45. The summed E-state index contributed by atoms with van der Waals surface area (Å²) in [7, 11) is 0. The van der Waals surface area contributed by atoms with Crippen molar-refractivity contribution in [3.63, 3.8) is 0 Å². The Labute approximate surface area is 136 Å². The Morgan fingerprint density at radius 3 is 2.35 bits per heavy atom. The Bertz CT molecular complexity index is 429. The molecule has 2 heterocycles. The van der Waals surface area contributed by atoms with Crippen molar-refractivity contribution in [1.29, 1.82) is 0 Å². The standard InChI is InChI=1S/C15H26N4O4/c16-13(20)12-2-6-19(7-3-12)15(22)14(21)17-4-1-5-18-8-10-23-11-9-18/h12H,1-11H2,(H2,16,20)(H,17,21). The lowest BCUT2D eigenvalue weighted by atomic mass is 9.96. The lowest BCUT2D eigenvalue weighted by Gasteiger charge is -2.30. The molecule has 3 N–H and O–H groups in total. The molecule has 0 aromatic carbocycles. The van der Waals surface area contributed by atoms with E-state index in [-0.39, 0.29) is 11.8 Å². The minimum Gasteiger partial charge on any atom is -0.379 e. The minimum atomic E-state index is -0.565. The lowest BCUT2D eigenvalue weighted by molar-refractivity contribution is -0.147. The van der Waals surface area contributed by atoms with E-state index >= 15 is 0 Å². The summed E-state index contributed by atoms with van der Waals surface area (Å²) < 4.78 is 5.27. The van der Waals surface area contributed by atoms with Gasteiger partial charge in [-0.05, 0) is 25.8 Å². The zero-order valence-electron chi connectivity index (χ0n) is 13.5. The van der Waals surface area contributed by atoms with E-state index in [0.717, 1.165) is 39.3 Å². The molecule has 0 bridgehead atoms. The van der Waals surface area contributed by atoms with Crippen LogP contribution in [-0.4, -0.2) is 80.0 Å². The summed E-state index contributed by atoms with van der Waals surface area (Å²) in [5, 5.41) is 2.67. The monoisotopic (exact) mass is 326 g/mol. The van der Waals surface area contributed by atoms with Crippen LogP contribution in [0.25, 0.3) is 0 Å². The van der Waals surface area contributed by atoms with Crippen molar-refractivity contribution in [3.8, 4) is 0 Å². The SMILES string of the molecule is NC(=O)C1CCN(C(=O)C(=O)NCCCN2CCOCC2)CC1. The smallest absolute Gasteiger partial charge is 0.311 e. The Balaban J connectivity index is 1.61. The summed E-state index contributed by atoms with van der Waals surface area (Å²) in [6.45, 7) is 5.55. The molecule has 2 saturated heterocycles. The first-order chi connectivity index (χ1) is 11.1. The van der Waals surface area contributed by atoms with Gasteiger partial charge in [0.25, 0.3) is 0 Å². The Morgan fingerprint density at radius 1 is 1.09 bits per heavy atom. The molecule has 2 rings (SSSR count). The third-order valence-electron chi connectivity index (χ3n) is 4.42. The third-order valence-corrected chi connectivity index (χ3v) is 4.42. The third kappa shape index (κ3) is 5.47. The average molecular weight is 326 g/mol. The van der Waals surface area contributed by atoms with Crippen LogP contribution in [0, 0.1) is 5.92 Å². The van der Waals surface area contributed by atoms with Crippen LogP contribution in [-0.2, 0) is 19.1 Å². The quantitative estimate of drug-likeness (QED) is 0.475. The molecule has 130 valence electrons. The summed E-state index contributed by atoms with van der Waals surface area (Å²) in [5.41, 5.74) is 5.26. The maximum Gasteiger partial charge on any atom is 0.311 e. The van der Waals surface area contributed by atoms with Crippen molar-refractivity contribution >= 4 is 17.7 Å². The number of hydrogen-bond donors (Lipinski definition) is 2. The van der Waals surface area contributed by atoms with E-state index < -0.39 is 11.8 Å². The number of likely N-dealkylation sites (tertiary alicyclic amines) is 1. The van der Waals surface area contributed by atoms with Gasteiger partial charge in [-0.1, -0.05) is 0 Å². The number of primary amides is 1. The van der Waals surface area contributed by atoms with Gasteiger partial charge in [-0.25, -0.2) is 0 Å². The van der Waals surface area contributed by atoms with Crippen molar-refractivity contribution in [2.45, 2.75) is 19.3 Å². The molecule has 0 spiro atoms. The summed E-state index contributed by atoms with van der Waals surface area (Å²) >= 11 is 0. The van der Waals surface area contributed by atoms with E-state index in [1.54, 1.807) is 0 Å². The number of amides is 3. The first kappa shape index (κ1) is 17.7. The molecular weight excluding hydrogens is 300 g/mol. The summed E-state index contributed by atoms with van der Waals surface area (Å²) in [6, 6.07) is 0.